The predicted molar refractivity (Wildman–Crippen MR) is 114 cm³/mol. The number of nitrogens with one attached hydrogen (secondary N) is 2. The summed E-state index contributed by atoms with van der Waals surface area (Å²) >= 11 is 11.9. The van der Waals surface area contributed by atoms with Gasteiger partial charge >= 0.3 is 6.03 Å². The Labute approximate surface area is 178 Å². The van der Waals surface area contributed by atoms with Gasteiger partial charge in [-0.05, 0) is 59.7 Å². The molecule has 1 heterocycles. The summed E-state index contributed by atoms with van der Waals surface area (Å²) in [7, 11) is -3.59. The number of urea groups is 1. The van der Waals surface area contributed by atoms with Crippen molar-refractivity contribution in [1.29, 1.82) is 0 Å². The van der Waals surface area contributed by atoms with Crippen LogP contribution in [0, 0.1) is 0 Å². The number of halogens is 2. The number of carbonyl (C=O) groups excluding carboxylic acids is 1. The molecule has 3 rings (SSSR count). The molecule has 0 radical (unpaired) electrons. The minimum atomic E-state index is -3.59. The number of amides is 2. The van der Waals surface area contributed by atoms with Gasteiger partial charge in [-0.15, -0.1) is 0 Å². The van der Waals surface area contributed by atoms with E-state index in [1.807, 2.05) is 6.07 Å². The van der Waals surface area contributed by atoms with Gasteiger partial charge in [0.2, 0.25) is 0 Å². The molecule has 1 aromatic heterocycles. The fourth-order valence-electron chi connectivity index (χ4n) is 2.60. The maximum Gasteiger partial charge on any atom is 0.319 e. The summed E-state index contributed by atoms with van der Waals surface area (Å²) < 4.78 is 25.3. The lowest BCUT2D eigenvalue weighted by atomic mass is 10.2. The molecule has 0 bridgehead atoms. The highest BCUT2D eigenvalue weighted by Crippen LogP contribution is 2.24. The number of hydrogen-bond donors (Lipinski definition) is 2. The van der Waals surface area contributed by atoms with Crippen molar-refractivity contribution in [2.45, 2.75) is 17.2 Å². The molecular weight excluding hydrogens is 433 g/mol. The summed E-state index contributed by atoms with van der Waals surface area (Å²) in [6.45, 7) is 0.328. The number of pyridine rings is 1. The molecule has 0 saturated heterocycles. The van der Waals surface area contributed by atoms with Crippen molar-refractivity contribution in [2.24, 2.45) is 0 Å². The quantitative estimate of drug-likeness (QED) is 0.571. The van der Waals surface area contributed by atoms with Crippen LogP contribution in [0.1, 0.15) is 11.1 Å². The third-order valence-electron chi connectivity index (χ3n) is 3.93. The summed E-state index contributed by atoms with van der Waals surface area (Å²) in [5.74, 6) is -0.231. The highest BCUT2D eigenvalue weighted by atomic mass is 35.5. The maximum atomic E-state index is 12.6. The van der Waals surface area contributed by atoms with E-state index < -0.39 is 15.9 Å². The SMILES string of the molecule is O=C(NCc1cccnc1)Nc1ccc(S(=O)(=O)Cc2cc(Cl)cc(Cl)c2)cc1. The molecule has 0 saturated carbocycles. The van der Waals surface area contributed by atoms with Crippen molar-refractivity contribution in [2.75, 3.05) is 5.32 Å². The second-order valence-electron chi connectivity index (χ2n) is 6.23. The number of carbonyl (C=O) groups is 1. The van der Waals surface area contributed by atoms with E-state index in [-0.39, 0.29) is 10.6 Å². The number of nitrogens with zero attached hydrogens (tertiary/aromatic N) is 1. The minimum Gasteiger partial charge on any atom is -0.334 e. The lowest BCUT2D eigenvalue weighted by molar-refractivity contribution is 0.251. The smallest absolute Gasteiger partial charge is 0.319 e. The van der Waals surface area contributed by atoms with Crippen LogP contribution in [0.15, 0.2) is 71.9 Å². The third kappa shape index (κ3) is 6.19. The van der Waals surface area contributed by atoms with Crippen molar-refractivity contribution >= 4 is 44.8 Å². The first-order valence-corrected chi connectivity index (χ1v) is 10.9. The summed E-state index contributed by atoms with van der Waals surface area (Å²) in [5.41, 5.74) is 1.84. The molecule has 0 fully saturated rings. The molecule has 0 aliphatic carbocycles. The monoisotopic (exact) mass is 449 g/mol. The number of hydrogen-bond acceptors (Lipinski definition) is 4. The summed E-state index contributed by atoms with van der Waals surface area (Å²) in [4.78, 5) is 16.1. The van der Waals surface area contributed by atoms with E-state index in [0.717, 1.165) is 5.56 Å². The summed E-state index contributed by atoms with van der Waals surface area (Å²) in [5, 5.41) is 6.11. The van der Waals surface area contributed by atoms with Gasteiger partial charge in [0.1, 0.15) is 0 Å². The Morgan fingerprint density at radius 2 is 1.66 bits per heavy atom. The summed E-state index contributed by atoms with van der Waals surface area (Å²) in [6, 6.07) is 13.8. The molecule has 2 amide bonds. The van der Waals surface area contributed by atoms with Gasteiger partial charge in [-0.25, -0.2) is 13.2 Å². The Hall–Kier alpha value is -2.61. The zero-order valence-corrected chi connectivity index (χ0v) is 17.4. The number of sulfone groups is 1. The van der Waals surface area contributed by atoms with Crippen LogP contribution >= 0.6 is 23.2 Å². The zero-order valence-electron chi connectivity index (χ0n) is 15.1. The minimum absolute atomic E-state index is 0.134. The Morgan fingerprint density at radius 1 is 0.966 bits per heavy atom. The van der Waals surface area contributed by atoms with E-state index in [2.05, 4.69) is 15.6 Å². The van der Waals surface area contributed by atoms with E-state index in [1.54, 1.807) is 36.7 Å². The van der Waals surface area contributed by atoms with Crippen molar-refractivity contribution in [3.05, 3.63) is 88.2 Å². The van der Waals surface area contributed by atoms with Crippen LogP contribution in [0.5, 0.6) is 0 Å². The first kappa shape index (κ1) is 21.1. The number of aromatic nitrogens is 1. The van der Waals surface area contributed by atoms with Crippen LogP contribution in [0.3, 0.4) is 0 Å². The van der Waals surface area contributed by atoms with Gasteiger partial charge in [-0.1, -0.05) is 29.3 Å². The van der Waals surface area contributed by atoms with Gasteiger partial charge in [0.05, 0.1) is 10.6 Å². The van der Waals surface area contributed by atoms with Crippen molar-refractivity contribution in [3.63, 3.8) is 0 Å². The van der Waals surface area contributed by atoms with Crippen LogP contribution in [0.4, 0.5) is 10.5 Å². The van der Waals surface area contributed by atoms with Crippen molar-refractivity contribution < 1.29 is 13.2 Å². The van der Waals surface area contributed by atoms with Gasteiger partial charge in [0.25, 0.3) is 0 Å². The van der Waals surface area contributed by atoms with Gasteiger partial charge < -0.3 is 10.6 Å². The van der Waals surface area contributed by atoms with Crippen LogP contribution in [-0.4, -0.2) is 19.4 Å². The summed E-state index contributed by atoms with van der Waals surface area (Å²) in [6.07, 6.45) is 3.31. The average molecular weight is 450 g/mol. The van der Waals surface area contributed by atoms with E-state index in [1.165, 1.54) is 24.3 Å². The van der Waals surface area contributed by atoms with E-state index in [4.69, 9.17) is 23.2 Å². The molecule has 150 valence electrons. The highest BCUT2D eigenvalue weighted by Gasteiger charge is 2.16. The molecule has 6 nitrogen and oxygen atoms in total. The predicted octanol–water partition coefficient (Wildman–Crippen LogP) is 4.68. The molecule has 0 atom stereocenters. The number of benzene rings is 2. The Balaban J connectivity index is 1.62. The maximum absolute atomic E-state index is 12.6. The highest BCUT2D eigenvalue weighted by molar-refractivity contribution is 7.90. The molecule has 9 heteroatoms. The molecule has 2 aromatic carbocycles. The van der Waals surface area contributed by atoms with Gasteiger partial charge in [0, 0.05) is 34.7 Å². The Morgan fingerprint density at radius 3 is 2.28 bits per heavy atom. The van der Waals surface area contributed by atoms with Gasteiger partial charge in [-0.3, -0.25) is 4.98 Å². The van der Waals surface area contributed by atoms with Crippen LogP contribution < -0.4 is 10.6 Å². The van der Waals surface area contributed by atoms with Crippen LogP contribution in [0.2, 0.25) is 10.0 Å². The topological polar surface area (TPSA) is 88.2 Å². The molecule has 0 aliphatic heterocycles. The van der Waals surface area contributed by atoms with Crippen molar-refractivity contribution in [1.82, 2.24) is 10.3 Å². The fraction of sp³-hybridized carbons (Fsp3) is 0.100. The second kappa shape index (κ2) is 9.26. The second-order valence-corrected chi connectivity index (χ2v) is 9.09. The fourth-order valence-corrected chi connectivity index (χ4v) is 4.50. The lowest BCUT2D eigenvalue weighted by Crippen LogP contribution is -2.28. The number of anilines is 1. The van der Waals surface area contributed by atoms with E-state index in [9.17, 15) is 13.2 Å². The number of rotatable bonds is 6. The molecule has 3 aromatic rings. The van der Waals surface area contributed by atoms with E-state index >= 15 is 0 Å². The Kier molecular flexibility index (Phi) is 6.74. The lowest BCUT2D eigenvalue weighted by Gasteiger charge is -2.09. The normalized spacial score (nSPS) is 11.1. The molecule has 0 unspecified atom stereocenters. The van der Waals surface area contributed by atoms with E-state index in [0.29, 0.717) is 27.8 Å². The van der Waals surface area contributed by atoms with Crippen LogP contribution in [0.25, 0.3) is 0 Å². The zero-order chi connectivity index (χ0) is 20.9. The largest absolute Gasteiger partial charge is 0.334 e. The Bertz CT molecular complexity index is 1090. The average Bonchev–Trinajstić information content (AvgIpc) is 2.66. The molecule has 0 spiro atoms. The van der Waals surface area contributed by atoms with Gasteiger partial charge in [-0.2, -0.15) is 0 Å². The van der Waals surface area contributed by atoms with Crippen LogP contribution in [-0.2, 0) is 22.1 Å². The molecule has 2 N–H and O–H groups in total. The van der Waals surface area contributed by atoms with Crippen molar-refractivity contribution in [3.8, 4) is 0 Å². The molecule has 0 aliphatic rings. The van der Waals surface area contributed by atoms with Gasteiger partial charge in [0.15, 0.2) is 9.84 Å². The standard InChI is InChI=1S/C20H17Cl2N3O3S/c21-16-8-15(9-17(22)10-16)13-29(27,28)19-5-3-18(4-6-19)25-20(26)24-12-14-2-1-7-23-11-14/h1-11H,12-13H2,(H2,24,25,26). The first-order valence-electron chi connectivity index (χ1n) is 8.53. The molecular formula is C20H17Cl2N3O3S. The molecule has 29 heavy (non-hydrogen) atoms. The first-order chi connectivity index (χ1) is 13.8. The third-order valence-corrected chi connectivity index (χ3v) is 6.07.